The fourth-order valence-corrected chi connectivity index (χ4v) is 2.20. The molecular weight excluding hydrogens is 302 g/mol. The molecule has 0 atom stereocenters. The smallest absolute Gasteiger partial charge is 0.191 e. The van der Waals surface area contributed by atoms with Crippen LogP contribution >= 0.6 is 0 Å². The molecule has 0 radical (unpaired) electrons. The second-order valence-electron chi connectivity index (χ2n) is 5.45. The quantitative estimate of drug-likeness (QED) is 0.399. The number of unbranched alkanes of at least 4 members (excludes halogenated alkanes) is 1. The maximum atomic E-state index is 5.68. The Morgan fingerprint density at radius 2 is 1.96 bits per heavy atom. The highest BCUT2D eigenvalue weighted by atomic mass is 16.5. The van der Waals surface area contributed by atoms with Crippen molar-refractivity contribution in [3.63, 3.8) is 0 Å². The average Bonchev–Trinajstić information content (AvgIpc) is 3.13. The predicted octanol–water partition coefficient (Wildman–Crippen LogP) is 3.33. The highest BCUT2D eigenvalue weighted by Gasteiger charge is 1.99. The van der Waals surface area contributed by atoms with Crippen LogP contribution in [0.25, 0.3) is 0 Å². The zero-order chi connectivity index (χ0) is 16.9. The maximum Gasteiger partial charge on any atom is 0.191 e. The Morgan fingerprint density at radius 3 is 2.71 bits per heavy atom. The summed E-state index contributed by atoms with van der Waals surface area (Å²) in [5.74, 6) is 1.68. The minimum absolute atomic E-state index is 0.544. The number of guanidine groups is 1. The number of nitrogens with one attached hydrogen (secondary N) is 2. The van der Waals surface area contributed by atoms with Crippen molar-refractivity contribution in [3.05, 3.63) is 60.1 Å². The second-order valence-corrected chi connectivity index (χ2v) is 5.45. The SMILES string of the molecule is CCNC(=NCc1ccco1)NCCCCOCc1ccccc1. The monoisotopic (exact) mass is 329 g/mol. The molecule has 2 N–H and O–H groups in total. The third-order valence-corrected chi connectivity index (χ3v) is 3.44. The number of furan rings is 1. The summed E-state index contributed by atoms with van der Waals surface area (Å²) in [6.45, 7) is 5.77. The van der Waals surface area contributed by atoms with Crippen molar-refractivity contribution < 1.29 is 9.15 Å². The van der Waals surface area contributed by atoms with Gasteiger partial charge in [-0.25, -0.2) is 4.99 Å². The van der Waals surface area contributed by atoms with Crippen LogP contribution in [0, 0.1) is 0 Å². The Bertz CT molecular complexity index is 568. The largest absolute Gasteiger partial charge is 0.467 e. The Balaban J connectivity index is 1.56. The van der Waals surface area contributed by atoms with E-state index in [-0.39, 0.29) is 0 Å². The van der Waals surface area contributed by atoms with Gasteiger partial charge in [0.05, 0.1) is 12.9 Å². The molecular formula is C19H27N3O2. The van der Waals surface area contributed by atoms with Crippen molar-refractivity contribution in [3.8, 4) is 0 Å². The van der Waals surface area contributed by atoms with E-state index in [0.717, 1.165) is 44.3 Å². The lowest BCUT2D eigenvalue weighted by Gasteiger charge is -2.11. The lowest BCUT2D eigenvalue weighted by atomic mass is 10.2. The van der Waals surface area contributed by atoms with Crippen molar-refractivity contribution in [2.24, 2.45) is 4.99 Å². The van der Waals surface area contributed by atoms with E-state index in [4.69, 9.17) is 9.15 Å². The number of hydrogen-bond donors (Lipinski definition) is 2. The average molecular weight is 329 g/mol. The van der Waals surface area contributed by atoms with Gasteiger partial charge in [0.25, 0.3) is 0 Å². The van der Waals surface area contributed by atoms with Crippen molar-refractivity contribution in [2.45, 2.75) is 32.9 Å². The normalized spacial score (nSPS) is 11.5. The molecule has 24 heavy (non-hydrogen) atoms. The van der Waals surface area contributed by atoms with E-state index in [1.165, 1.54) is 5.56 Å². The number of rotatable bonds is 10. The van der Waals surface area contributed by atoms with Gasteiger partial charge in [0, 0.05) is 19.7 Å². The molecule has 1 aromatic heterocycles. The van der Waals surface area contributed by atoms with Crippen molar-refractivity contribution >= 4 is 5.96 Å². The molecule has 0 aliphatic heterocycles. The molecule has 0 amide bonds. The molecule has 2 aromatic rings. The first-order chi connectivity index (χ1) is 11.9. The van der Waals surface area contributed by atoms with E-state index in [9.17, 15) is 0 Å². The van der Waals surface area contributed by atoms with Gasteiger partial charge in [-0.15, -0.1) is 0 Å². The third-order valence-electron chi connectivity index (χ3n) is 3.44. The standard InChI is InChI=1S/C19H27N3O2/c1-2-20-19(22-15-18-11-8-14-24-18)21-12-6-7-13-23-16-17-9-4-3-5-10-17/h3-5,8-11,14H,2,6-7,12-13,15-16H2,1H3,(H2,20,21,22). The minimum Gasteiger partial charge on any atom is -0.467 e. The molecule has 0 saturated heterocycles. The first-order valence-corrected chi connectivity index (χ1v) is 8.54. The summed E-state index contributed by atoms with van der Waals surface area (Å²) in [6, 6.07) is 14.1. The number of aliphatic imine (C=N–C) groups is 1. The molecule has 1 heterocycles. The van der Waals surface area contributed by atoms with Crippen LogP contribution in [0.3, 0.4) is 0 Å². The molecule has 5 nitrogen and oxygen atoms in total. The van der Waals surface area contributed by atoms with Gasteiger partial charge in [-0.2, -0.15) is 0 Å². The van der Waals surface area contributed by atoms with Crippen molar-refractivity contribution in [1.82, 2.24) is 10.6 Å². The number of nitrogens with zero attached hydrogens (tertiary/aromatic N) is 1. The number of benzene rings is 1. The van der Waals surface area contributed by atoms with Gasteiger partial charge in [-0.3, -0.25) is 0 Å². The lowest BCUT2D eigenvalue weighted by Crippen LogP contribution is -2.37. The molecule has 0 bridgehead atoms. The van der Waals surface area contributed by atoms with E-state index in [1.807, 2.05) is 30.3 Å². The third kappa shape index (κ3) is 7.33. The van der Waals surface area contributed by atoms with Crippen LogP contribution in [0.4, 0.5) is 0 Å². The fourth-order valence-electron chi connectivity index (χ4n) is 2.20. The van der Waals surface area contributed by atoms with Crippen LogP contribution < -0.4 is 10.6 Å². The molecule has 0 aliphatic rings. The summed E-state index contributed by atoms with van der Waals surface area (Å²) in [7, 11) is 0. The minimum atomic E-state index is 0.544. The van der Waals surface area contributed by atoms with Gasteiger partial charge in [-0.05, 0) is 37.5 Å². The van der Waals surface area contributed by atoms with Crippen LogP contribution in [0.1, 0.15) is 31.1 Å². The summed E-state index contributed by atoms with van der Waals surface area (Å²) in [4.78, 5) is 4.50. The van der Waals surface area contributed by atoms with Gasteiger partial charge in [0.2, 0.25) is 0 Å². The highest BCUT2D eigenvalue weighted by molar-refractivity contribution is 5.79. The molecule has 130 valence electrons. The lowest BCUT2D eigenvalue weighted by molar-refractivity contribution is 0.117. The second kappa shape index (κ2) is 11.3. The Morgan fingerprint density at radius 1 is 1.08 bits per heavy atom. The Hall–Kier alpha value is -2.27. The van der Waals surface area contributed by atoms with Crippen LogP contribution in [-0.2, 0) is 17.9 Å². The summed E-state index contributed by atoms with van der Waals surface area (Å²) >= 11 is 0. The Kier molecular flexibility index (Phi) is 8.51. The molecule has 2 rings (SSSR count). The predicted molar refractivity (Wildman–Crippen MR) is 96.9 cm³/mol. The van der Waals surface area contributed by atoms with Gasteiger partial charge in [0.1, 0.15) is 12.3 Å². The zero-order valence-electron chi connectivity index (χ0n) is 14.3. The zero-order valence-corrected chi connectivity index (χ0v) is 14.3. The molecule has 5 heteroatoms. The van der Waals surface area contributed by atoms with Crippen LogP contribution in [-0.4, -0.2) is 25.7 Å². The molecule has 0 spiro atoms. The van der Waals surface area contributed by atoms with E-state index in [2.05, 4.69) is 34.7 Å². The maximum absolute atomic E-state index is 5.68. The first-order valence-electron chi connectivity index (χ1n) is 8.54. The fraction of sp³-hybridized carbons (Fsp3) is 0.421. The summed E-state index contributed by atoms with van der Waals surface area (Å²) in [5, 5.41) is 6.57. The Labute approximate surface area is 144 Å². The first kappa shape index (κ1) is 18.1. The summed E-state index contributed by atoms with van der Waals surface area (Å²) in [6.07, 6.45) is 3.73. The highest BCUT2D eigenvalue weighted by Crippen LogP contribution is 2.02. The van der Waals surface area contributed by atoms with E-state index < -0.39 is 0 Å². The number of hydrogen-bond acceptors (Lipinski definition) is 3. The van der Waals surface area contributed by atoms with E-state index in [0.29, 0.717) is 13.2 Å². The van der Waals surface area contributed by atoms with E-state index >= 15 is 0 Å². The summed E-state index contributed by atoms with van der Waals surface area (Å²) < 4.78 is 11.0. The summed E-state index contributed by atoms with van der Waals surface area (Å²) in [5.41, 5.74) is 1.22. The van der Waals surface area contributed by atoms with E-state index in [1.54, 1.807) is 6.26 Å². The van der Waals surface area contributed by atoms with Gasteiger partial charge in [-0.1, -0.05) is 30.3 Å². The molecule has 0 saturated carbocycles. The van der Waals surface area contributed by atoms with Gasteiger partial charge < -0.3 is 19.8 Å². The molecule has 1 aromatic carbocycles. The molecule has 0 fully saturated rings. The molecule has 0 unspecified atom stereocenters. The van der Waals surface area contributed by atoms with Crippen LogP contribution in [0.2, 0.25) is 0 Å². The van der Waals surface area contributed by atoms with Gasteiger partial charge >= 0.3 is 0 Å². The van der Waals surface area contributed by atoms with Crippen LogP contribution in [0.5, 0.6) is 0 Å². The van der Waals surface area contributed by atoms with Gasteiger partial charge in [0.15, 0.2) is 5.96 Å². The van der Waals surface area contributed by atoms with Crippen LogP contribution in [0.15, 0.2) is 58.1 Å². The number of ether oxygens (including phenoxy) is 1. The topological polar surface area (TPSA) is 58.8 Å². The van der Waals surface area contributed by atoms with Crippen molar-refractivity contribution in [1.29, 1.82) is 0 Å². The molecule has 0 aliphatic carbocycles. The van der Waals surface area contributed by atoms with Crippen molar-refractivity contribution in [2.75, 3.05) is 19.7 Å².